The first-order valence-corrected chi connectivity index (χ1v) is 8.84. The van der Waals surface area contributed by atoms with E-state index >= 15 is 0 Å². The standard InChI is InChI=1S/C15H27N3S/c1-18-8-5-13(10-18)9-16-14-17-11-15(12-19-14)6-3-2-4-7-15/h13H,2-12H2,1H3,(H,16,17). The van der Waals surface area contributed by atoms with Crippen molar-refractivity contribution in [2.75, 3.05) is 39.0 Å². The van der Waals surface area contributed by atoms with Crippen LogP contribution in [0.4, 0.5) is 0 Å². The third kappa shape index (κ3) is 3.46. The van der Waals surface area contributed by atoms with E-state index in [-0.39, 0.29) is 0 Å². The highest BCUT2D eigenvalue weighted by Gasteiger charge is 2.34. The van der Waals surface area contributed by atoms with Crippen molar-refractivity contribution >= 4 is 16.9 Å². The predicted molar refractivity (Wildman–Crippen MR) is 83.9 cm³/mol. The van der Waals surface area contributed by atoms with Gasteiger partial charge >= 0.3 is 0 Å². The first-order chi connectivity index (χ1) is 9.26. The van der Waals surface area contributed by atoms with Gasteiger partial charge in [-0.05, 0) is 44.2 Å². The number of hydrogen-bond acceptors (Lipinski definition) is 4. The molecule has 3 nitrogen and oxygen atoms in total. The van der Waals surface area contributed by atoms with Crippen molar-refractivity contribution in [1.29, 1.82) is 0 Å². The summed E-state index contributed by atoms with van der Waals surface area (Å²) in [5.74, 6) is 2.11. The van der Waals surface area contributed by atoms with Gasteiger partial charge in [-0.1, -0.05) is 31.0 Å². The SMILES string of the molecule is CN1CCC(CNC2=NCC3(CCCCC3)CS2)C1. The van der Waals surface area contributed by atoms with Gasteiger partial charge in [-0.3, -0.25) is 4.99 Å². The Morgan fingerprint density at radius 2 is 2.21 bits per heavy atom. The largest absolute Gasteiger partial charge is 0.365 e. The fourth-order valence-electron chi connectivity index (χ4n) is 3.69. The van der Waals surface area contributed by atoms with Crippen molar-refractivity contribution in [2.45, 2.75) is 38.5 Å². The molecule has 2 aliphatic heterocycles. The van der Waals surface area contributed by atoms with Gasteiger partial charge in [0.05, 0.1) is 0 Å². The number of amidine groups is 1. The number of thioether (sulfide) groups is 1. The van der Waals surface area contributed by atoms with Crippen LogP contribution in [0.2, 0.25) is 0 Å². The van der Waals surface area contributed by atoms with E-state index in [4.69, 9.17) is 4.99 Å². The van der Waals surface area contributed by atoms with Crippen molar-refractivity contribution in [3.63, 3.8) is 0 Å². The van der Waals surface area contributed by atoms with Crippen molar-refractivity contribution < 1.29 is 0 Å². The first kappa shape index (κ1) is 13.7. The Hall–Kier alpha value is -0.220. The normalized spacial score (nSPS) is 31.4. The molecule has 0 aromatic rings. The summed E-state index contributed by atoms with van der Waals surface area (Å²) >= 11 is 1.98. The third-order valence-electron chi connectivity index (χ3n) is 5.02. The molecule has 1 unspecified atom stereocenters. The van der Waals surface area contributed by atoms with Crippen LogP contribution in [-0.2, 0) is 0 Å². The second-order valence-electron chi connectivity index (χ2n) is 6.77. The zero-order valence-corrected chi connectivity index (χ0v) is 13.0. The molecule has 4 heteroatoms. The number of nitrogens with one attached hydrogen (secondary N) is 1. The van der Waals surface area contributed by atoms with Crippen molar-refractivity contribution in [2.24, 2.45) is 16.3 Å². The van der Waals surface area contributed by atoms with E-state index in [0.29, 0.717) is 5.41 Å². The molecule has 2 heterocycles. The van der Waals surface area contributed by atoms with Gasteiger partial charge in [0.1, 0.15) is 0 Å². The van der Waals surface area contributed by atoms with Crippen molar-refractivity contribution in [3.05, 3.63) is 0 Å². The van der Waals surface area contributed by atoms with Gasteiger partial charge in [-0.2, -0.15) is 0 Å². The van der Waals surface area contributed by atoms with E-state index in [1.165, 1.54) is 62.5 Å². The average molecular weight is 281 g/mol. The molecule has 19 heavy (non-hydrogen) atoms. The number of nitrogens with zero attached hydrogens (tertiary/aromatic N) is 2. The van der Waals surface area contributed by atoms with Crippen molar-refractivity contribution in [3.8, 4) is 0 Å². The third-order valence-corrected chi connectivity index (χ3v) is 6.32. The summed E-state index contributed by atoms with van der Waals surface area (Å²) in [5, 5.41) is 4.81. The summed E-state index contributed by atoms with van der Waals surface area (Å²) in [4.78, 5) is 7.27. The van der Waals surface area contributed by atoms with E-state index in [0.717, 1.165) is 19.0 Å². The maximum atomic E-state index is 4.84. The van der Waals surface area contributed by atoms with Gasteiger partial charge in [0, 0.05) is 25.4 Å². The molecule has 3 rings (SSSR count). The Balaban J connectivity index is 1.45. The molecular formula is C15H27N3S. The number of likely N-dealkylation sites (tertiary alicyclic amines) is 1. The molecule has 1 spiro atoms. The van der Waals surface area contributed by atoms with Crippen LogP contribution < -0.4 is 5.32 Å². The van der Waals surface area contributed by atoms with Gasteiger partial charge in [-0.15, -0.1) is 0 Å². The van der Waals surface area contributed by atoms with E-state index in [9.17, 15) is 0 Å². The Morgan fingerprint density at radius 1 is 1.37 bits per heavy atom. The Bertz CT molecular complexity index is 336. The molecular weight excluding hydrogens is 254 g/mol. The van der Waals surface area contributed by atoms with Crippen molar-refractivity contribution in [1.82, 2.24) is 10.2 Å². The lowest BCUT2D eigenvalue weighted by molar-refractivity contribution is 0.232. The van der Waals surface area contributed by atoms with E-state index < -0.39 is 0 Å². The molecule has 0 aromatic carbocycles. The molecule has 0 amide bonds. The van der Waals surface area contributed by atoms with Crippen LogP contribution in [0.3, 0.4) is 0 Å². The maximum absolute atomic E-state index is 4.84. The molecule has 1 atom stereocenters. The van der Waals surface area contributed by atoms with Crippen LogP contribution >= 0.6 is 11.8 Å². The minimum Gasteiger partial charge on any atom is -0.365 e. The van der Waals surface area contributed by atoms with Crippen LogP contribution in [0.15, 0.2) is 4.99 Å². The molecule has 3 aliphatic rings. The van der Waals surface area contributed by atoms with E-state index in [1.807, 2.05) is 11.8 Å². The van der Waals surface area contributed by atoms with Gasteiger partial charge in [0.2, 0.25) is 0 Å². The minimum absolute atomic E-state index is 0.557. The highest BCUT2D eigenvalue weighted by atomic mass is 32.2. The second kappa shape index (κ2) is 6.04. The number of aliphatic imine (C=N–C) groups is 1. The Kier molecular flexibility index (Phi) is 4.37. The summed E-state index contributed by atoms with van der Waals surface area (Å²) in [5.41, 5.74) is 0.557. The predicted octanol–water partition coefficient (Wildman–Crippen LogP) is 2.58. The van der Waals surface area contributed by atoms with E-state index in [1.54, 1.807) is 0 Å². The summed E-state index contributed by atoms with van der Waals surface area (Å²) in [7, 11) is 2.22. The van der Waals surface area contributed by atoms with Crippen LogP contribution in [0, 0.1) is 11.3 Å². The fourth-order valence-corrected chi connectivity index (χ4v) is 4.85. The van der Waals surface area contributed by atoms with Gasteiger partial charge in [-0.25, -0.2) is 0 Å². The lowest BCUT2D eigenvalue weighted by atomic mass is 9.75. The molecule has 1 saturated carbocycles. The molecule has 0 radical (unpaired) electrons. The minimum atomic E-state index is 0.557. The van der Waals surface area contributed by atoms with Gasteiger partial charge < -0.3 is 10.2 Å². The summed E-state index contributed by atoms with van der Waals surface area (Å²) in [6, 6.07) is 0. The maximum Gasteiger partial charge on any atom is 0.156 e. The Labute approximate surface area is 121 Å². The summed E-state index contributed by atoms with van der Waals surface area (Å²) in [6.07, 6.45) is 8.44. The van der Waals surface area contributed by atoms with Crippen LogP contribution in [-0.4, -0.2) is 49.0 Å². The number of hydrogen-bond donors (Lipinski definition) is 1. The molecule has 108 valence electrons. The summed E-state index contributed by atoms with van der Waals surface area (Å²) < 4.78 is 0. The molecule has 0 bridgehead atoms. The smallest absolute Gasteiger partial charge is 0.156 e. The lowest BCUT2D eigenvalue weighted by Crippen LogP contribution is -2.38. The monoisotopic (exact) mass is 281 g/mol. The van der Waals surface area contributed by atoms with Gasteiger partial charge in [0.15, 0.2) is 5.17 Å². The highest BCUT2D eigenvalue weighted by Crippen LogP contribution is 2.41. The number of rotatable bonds is 2. The van der Waals surface area contributed by atoms with Crippen LogP contribution in [0.5, 0.6) is 0 Å². The zero-order valence-electron chi connectivity index (χ0n) is 12.2. The van der Waals surface area contributed by atoms with Crippen LogP contribution in [0.1, 0.15) is 38.5 Å². The summed E-state index contributed by atoms with van der Waals surface area (Å²) in [6.45, 7) is 4.69. The fraction of sp³-hybridized carbons (Fsp3) is 0.933. The molecule has 1 saturated heterocycles. The quantitative estimate of drug-likeness (QED) is 0.843. The zero-order chi connectivity index (χ0) is 13.1. The lowest BCUT2D eigenvalue weighted by Gasteiger charge is -2.38. The molecule has 0 aromatic heterocycles. The highest BCUT2D eigenvalue weighted by molar-refractivity contribution is 8.13. The molecule has 2 fully saturated rings. The molecule has 1 aliphatic carbocycles. The topological polar surface area (TPSA) is 27.6 Å². The van der Waals surface area contributed by atoms with Gasteiger partial charge in [0.25, 0.3) is 0 Å². The second-order valence-corrected chi connectivity index (χ2v) is 7.73. The average Bonchev–Trinajstić information content (AvgIpc) is 2.85. The van der Waals surface area contributed by atoms with Crippen LogP contribution in [0.25, 0.3) is 0 Å². The Morgan fingerprint density at radius 3 is 2.84 bits per heavy atom. The first-order valence-electron chi connectivity index (χ1n) is 7.85. The van der Waals surface area contributed by atoms with E-state index in [2.05, 4.69) is 17.3 Å². The molecule has 1 N–H and O–H groups in total.